The molecule has 2 aromatic carbocycles. The molecule has 2 aliphatic rings. The highest BCUT2D eigenvalue weighted by atomic mass is 15.1. The Morgan fingerprint density at radius 3 is 2.03 bits per heavy atom. The Balaban J connectivity index is 1.90. The maximum atomic E-state index is 3.55. The zero-order valence-electron chi connectivity index (χ0n) is 23.4. The summed E-state index contributed by atoms with van der Waals surface area (Å²) in [6, 6.07) is 16.1. The molecule has 0 bridgehead atoms. The Morgan fingerprint density at radius 2 is 1.41 bits per heavy atom. The highest BCUT2D eigenvalue weighted by Crippen LogP contribution is 2.42. The zero-order chi connectivity index (χ0) is 26.4. The fourth-order valence-corrected chi connectivity index (χ4v) is 5.46. The Bertz CT molecular complexity index is 1230. The van der Waals surface area contributed by atoms with Gasteiger partial charge in [-0.05, 0) is 88.2 Å². The van der Waals surface area contributed by atoms with Gasteiger partial charge in [-0.15, -0.1) is 30.4 Å². The minimum Gasteiger partial charge on any atom is -0.411 e. The van der Waals surface area contributed by atoms with Gasteiger partial charge < -0.3 is 15.1 Å². The molecule has 1 N–H and O–H groups in total. The van der Waals surface area contributed by atoms with Crippen molar-refractivity contribution >= 4 is 16.9 Å². The van der Waals surface area contributed by atoms with Crippen LogP contribution in [0.4, 0.5) is 11.4 Å². The molecule has 2 aromatic rings. The minimum atomic E-state index is 0.901. The maximum absolute atomic E-state index is 3.55. The van der Waals surface area contributed by atoms with Crippen LogP contribution in [0.5, 0.6) is 0 Å². The number of anilines is 2. The van der Waals surface area contributed by atoms with Crippen LogP contribution in [0, 0.1) is 12.8 Å². The Hall–Kier alpha value is -3.59. The normalized spacial score (nSPS) is 15.7. The van der Waals surface area contributed by atoms with Crippen molar-refractivity contribution in [3.8, 4) is 0 Å². The Kier molecular flexibility index (Phi) is 8.66. The van der Waals surface area contributed by atoms with Gasteiger partial charge in [-0.1, -0.05) is 46.9 Å². The van der Waals surface area contributed by atoms with Crippen molar-refractivity contribution in [2.45, 2.75) is 41.5 Å². The molecule has 0 unspecified atom stereocenters. The van der Waals surface area contributed by atoms with Gasteiger partial charge in [-0.2, -0.15) is 0 Å². The molecule has 0 spiro atoms. The quantitative estimate of drug-likeness (QED) is 0.344. The van der Waals surface area contributed by atoms with Crippen molar-refractivity contribution in [3.05, 3.63) is 118 Å². The third-order valence-electron chi connectivity index (χ3n) is 7.45. The van der Waals surface area contributed by atoms with E-state index in [0.29, 0.717) is 0 Å². The average Bonchev–Trinajstić information content (AvgIpc) is 2.93. The highest BCUT2D eigenvalue weighted by molar-refractivity contribution is 5.90. The molecule has 0 saturated carbocycles. The minimum absolute atomic E-state index is 0.901. The number of hydrogen-bond acceptors (Lipinski definition) is 3. The molecule has 3 heteroatoms. The van der Waals surface area contributed by atoms with Crippen molar-refractivity contribution in [2.75, 3.05) is 42.5 Å². The van der Waals surface area contributed by atoms with Crippen molar-refractivity contribution in [2.24, 2.45) is 0 Å². The second kappa shape index (κ2) is 12.1. The summed E-state index contributed by atoms with van der Waals surface area (Å²) in [5.74, 6) is 1.27. The number of likely N-dealkylation sites (N-methyl/N-ethyl adjacent to an activating group) is 1. The molecular formula is C34H42N3-. The first kappa shape index (κ1) is 26.5. The van der Waals surface area contributed by atoms with Crippen LogP contribution >= 0.6 is 0 Å². The van der Waals surface area contributed by atoms with Gasteiger partial charge in [0, 0.05) is 44.1 Å². The fraction of sp³-hybridized carbons (Fsp3) is 0.324. The van der Waals surface area contributed by atoms with Gasteiger partial charge in [0.1, 0.15) is 0 Å². The summed E-state index contributed by atoms with van der Waals surface area (Å²) in [6.07, 6.45) is 13.3. The van der Waals surface area contributed by atoms with Crippen molar-refractivity contribution < 1.29 is 0 Å². The lowest BCUT2D eigenvalue weighted by atomic mass is 9.77. The molecule has 0 atom stereocenters. The molecule has 4 rings (SSSR count). The number of aryl methyl sites for hydroxylation is 1. The number of hydrogen-bond donors (Lipinski definition) is 1. The zero-order valence-corrected chi connectivity index (χ0v) is 23.4. The average molecular weight is 493 g/mol. The summed E-state index contributed by atoms with van der Waals surface area (Å²) in [5, 5.41) is 3.55. The maximum Gasteiger partial charge on any atom is 0.0368 e. The van der Waals surface area contributed by atoms with Crippen LogP contribution in [0.3, 0.4) is 0 Å². The number of benzene rings is 2. The van der Waals surface area contributed by atoms with E-state index in [2.05, 4.69) is 136 Å². The Labute approximate surface area is 224 Å². The number of fused-ring (bicyclic) bond motifs is 1. The van der Waals surface area contributed by atoms with Gasteiger partial charge in [0.05, 0.1) is 0 Å². The summed E-state index contributed by atoms with van der Waals surface area (Å²) >= 11 is 0. The highest BCUT2D eigenvalue weighted by Gasteiger charge is 2.20. The monoisotopic (exact) mass is 492 g/mol. The predicted molar refractivity (Wildman–Crippen MR) is 162 cm³/mol. The van der Waals surface area contributed by atoms with Crippen LogP contribution in [-0.4, -0.2) is 32.7 Å². The van der Waals surface area contributed by atoms with Crippen LogP contribution in [0.25, 0.3) is 5.57 Å². The third-order valence-corrected chi connectivity index (χ3v) is 7.45. The van der Waals surface area contributed by atoms with Crippen molar-refractivity contribution in [3.63, 3.8) is 0 Å². The Morgan fingerprint density at radius 1 is 0.757 bits per heavy atom. The molecule has 0 heterocycles. The molecule has 2 aliphatic carbocycles. The van der Waals surface area contributed by atoms with Crippen LogP contribution in [-0.2, 0) is 0 Å². The second-order valence-electron chi connectivity index (χ2n) is 9.50. The van der Waals surface area contributed by atoms with Crippen LogP contribution < -0.4 is 15.1 Å². The smallest absolute Gasteiger partial charge is 0.0368 e. The lowest BCUT2D eigenvalue weighted by molar-refractivity contribution is 0.862. The van der Waals surface area contributed by atoms with E-state index < -0.39 is 0 Å². The molecule has 0 radical (unpaired) electrons. The lowest BCUT2D eigenvalue weighted by Gasteiger charge is -2.35. The summed E-state index contributed by atoms with van der Waals surface area (Å²) in [6.45, 7) is 18.2. The molecule has 0 aliphatic heterocycles. The van der Waals surface area contributed by atoms with E-state index >= 15 is 0 Å². The van der Waals surface area contributed by atoms with E-state index in [9.17, 15) is 0 Å². The van der Waals surface area contributed by atoms with Crippen molar-refractivity contribution in [1.29, 1.82) is 0 Å². The standard InChI is InChI=1S/C34H42N3/c1-7-35-33-23-22-32(30-14-12-13-15-31(30)33)34(26-16-18-27(19-17-26)36(8-2)9-3)29-21-20-28(24-25(29)6)37(10-4)11-5/h12-24,35H,7-11H2,1-6H3/q-1/b34-32+. The topological polar surface area (TPSA) is 18.5 Å². The van der Waals surface area contributed by atoms with Gasteiger partial charge in [0.2, 0.25) is 0 Å². The molecule has 0 aromatic heterocycles. The third kappa shape index (κ3) is 5.41. The SMILES string of the molecule is CCNC1=C2C=CC=C[C-]2/C(=C(\c2ccc(N(CC)CC)cc2)c2ccc(N(CC)CC)cc2C)C=C1. The van der Waals surface area contributed by atoms with Crippen LogP contribution in [0.15, 0.2) is 95.8 Å². The van der Waals surface area contributed by atoms with Gasteiger partial charge in [-0.3, -0.25) is 0 Å². The molecule has 0 saturated heterocycles. The van der Waals surface area contributed by atoms with E-state index in [0.717, 1.165) is 32.7 Å². The summed E-state index contributed by atoms with van der Waals surface area (Å²) in [7, 11) is 0. The fourth-order valence-electron chi connectivity index (χ4n) is 5.46. The largest absolute Gasteiger partial charge is 0.411 e. The summed E-state index contributed by atoms with van der Waals surface area (Å²) in [4.78, 5) is 4.81. The van der Waals surface area contributed by atoms with Gasteiger partial charge in [0.25, 0.3) is 0 Å². The molecule has 37 heavy (non-hydrogen) atoms. The predicted octanol–water partition coefficient (Wildman–Crippen LogP) is 7.62. The van der Waals surface area contributed by atoms with Gasteiger partial charge >= 0.3 is 0 Å². The number of nitrogens with one attached hydrogen (secondary N) is 1. The number of rotatable bonds is 10. The lowest BCUT2D eigenvalue weighted by Crippen LogP contribution is -2.22. The van der Waals surface area contributed by atoms with Crippen LogP contribution in [0.2, 0.25) is 0 Å². The van der Waals surface area contributed by atoms with E-state index in [1.54, 1.807) is 0 Å². The number of allylic oxidation sites excluding steroid dienone is 8. The molecule has 194 valence electrons. The molecule has 3 nitrogen and oxygen atoms in total. The first-order valence-corrected chi connectivity index (χ1v) is 13.9. The van der Waals surface area contributed by atoms with E-state index in [1.165, 1.54) is 56.4 Å². The second-order valence-corrected chi connectivity index (χ2v) is 9.50. The van der Waals surface area contributed by atoms with E-state index in [-0.39, 0.29) is 0 Å². The summed E-state index contributed by atoms with van der Waals surface area (Å²) < 4.78 is 0. The van der Waals surface area contributed by atoms with Crippen molar-refractivity contribution in [1.82, 2.24) is 5.32 Å². The molecular weight excluding hydrogens is 450 g/mol. The number of nitrogens with zero attached hydrogens (tertiary/aromatic N) is 2. The van der Waals surface area contributed by atoms with Crippen LogP contribution in [0.1, 0.15) is 51.3 Å². The first-order chi connectivity index (χ1) is 18.1. The molecule has 0 fully saturated rings. The van der Waals surface area contributed by atoms with Gasteiger partial charge in [0.15, 0.2) is 0 Å². The van der Waals surface area contributed by atoms with Gasteiger partial charge in [-0.25, -0.2) is 0 Å². The summed E-state index contributed by atoms with van der Waals surface area (Å²) in [5.41, 5.74) is 11.4. The molecule has 0 amide bonds. The van der Waals surface area contributed by atoms with E-state index in [1.807, 2.05) is 0 Å². The van der Waals surface area contributed by atoms with E-state index in [4.69, 9.17) is 0 Å². The first-order valence-electron chi connectivity index (χ1n) is 13.9.